The predicted molar refractivity (Wildman–Crippen MR) is 40.0 cm³/mol. The van der Waals surface area contributed by atoms with Crippen LogP contribution in [0.2, 0.25) is 0 Å². The van der Waals surface area contributed by atoms with Gasteiger partial charge in [0.2, 0.25) is 0 Å². The summed E-state index contributed by atoms with van der Waals surface area (Å²) in [5, 5.41) is 20.5. The van der Waals surface area contributed by atoms with Crippen LogP contribution in [0.25, 0.3) is 0 Å². The van der Waals surface area contributed by atoms with Crippen LogP contribution in [-0.4, -0.2) is 34.6 Å². The van der Waals surface area contributed by atoms with Crippen molar-refractivity contribution < 1.29 is 14.9 Å². The lowest BCUT2D eigenvalue weighted by Crippen LogP contribution is -2.30. The van der Waals surface area contributed by atoms with Crippen LogP contribution in [-0.2, 0) is 4.74 Å². The number of hydrogen-bond donors (Lipinski definition) is 2. The maximum atomic E-state index is 9.22. The molecule has 4 heteroatoms. The Morgan fingerprint density at radius 2 is 2.00 bits per heavy atom. The van der Waals surface area contributed by atoms with E-state index in [0.29, 0.717) is 0 Å². The minimum absolute atomic E-state index is 0.382. The molecule has 0 aromatic heterocycles. The average Bonchev–Trinajstić information content (AvgIpc) is 2.19. The van der Waals surface area contributed by atoms with Gasteiger partial charge in [-0.15, -0.1) is 0 Å². The quantitative estimate of drug-likeness (QED) is 0.498. The molecule has 1 aliphatic rings. The van der Waals surface area contributed by atoms with E-state index in [1.165, 1.54) is 0 Å². The number of hydrogen-bond acceptors (Lipinski definition) is 3. The van der Waals surface area contributed by atoms with E-state index in [-0.39, 0.29) is 6.10 Å². The third kappa shape index (κ3) is 1.66. The van der Waals surface area contributed by atoms with E-state index in [1.807, 2.05) is 0 Å². The third-order valence-corrected chi connectivity index (χ3v) is 1.81. The van der Waals surface area contributed by atoms with Gasteiger partial charge in [0.15, 0.2) is 0 Å². The predicted octanol–water partition coefficient (Wildman–Crippen LogP) is -0.305. The summed E-state index contributed by atoms with van der Waals surface area (Å²) in [5.74, 6) is 2.44. The lowest BCUT2D eigenvalue weighted by Gasteiger charge is -2.07. The molecule has 0 aromatic rings. The zero-order valence-electron chi connectivity index (χ0n) is 5.99. The van der Waals surface area contributed by atoms with E-state index in [1.54, 1.807) is 6.92 Å². The number of ether oxygens (including phenoxy) is 1. The van der Waals surface area contributed by atoms with Crippen LogP contribution in [0.4, 0.5) is 0 Å². The van der Waals surface area contributed by atoms with Crippen molar-refractivity contribution in [1.82, 2.24) is 0 Å². The lowest BCUT2D eigenvalue weighted by molar-refractivity contribution is 0.0317. The fourth-order valence-corrected chi connectivity index (χ4v) is 1.13. The van der Waals surface area contributed by atoms with Crippen molar-refractivity contribution in [1.29, 1.82) is 0 Å². The van der Waals surface area contributed by atoms with Crippen molar-refractivity contribution >= 4 is 11.6 Å². The molecule has 0 radical (unpaired) electrons. The maximum absolute atomic E-state index is 9.22. The second-order valence-corrected chi connectivity index (χ2v) is 2.67. The van der Waals surface area contributed by atoms with Crippen LogP contribution >= 0.6 is 11.6 Å². The van der Waals surface area contributed by atoms with Gasteiger partial charge in [-0.3, -0.25) is 0 Å². The van der Waals surface area contributed by atoms with E-state index < -0.39 is 18.3 Å². The highest BCUT2D eigenvalue weighted by Gasteiger charge is 2.39. The van der Waals surface area contributed by atoms with E-state index in [4.69, 9.17) is 16.3 Å². The van der Waals surface area contributed by atoms with Gasteiger partial charge >= 0.3 is 0 Å². The van der Waals surface area contributed by atoms with Crippen molar-refractivity contribution in [2.45, 2.75) is 31.3 Å². The van der Waals surface area contributed by atoms with Crippen LogP contribution in [0.3, 0.4) is 0 Å². The second kappa shape index (κ2) is 3.42. The first-order chi connectivity index (χ1) is 5.16. The molecule has 0 aliphatic carbocycles. The highest BCUT2D eigenvalue weighted by molar-refractivity contribution is 6.30. The molecule has 62 valence electrons. The highest BCUT2D eigenvalue weighted by Crippen LogP contribution is 2.19. The van der Waals surface area contributed by atoms with Gasteiger partial charge in [0.1, 0.15) is 18.3 Å². The molecule has 3 nitrogen and oxygen atoms in total. The molecule has 0 amide bonds. The zero-order chi connectivity index (χ0) is 8.43. The van der Waals surface area contributed by atoms with Gasteiger partial charge in [-0.05, 0) is 18.5 Å². The molecule has 1 heterocycles. The first kappa shape index (κ1) is 8.82. The molecular formula is C7H9ClO3. The Morgan fingerprint density at radius 3 is 2.36 bits per heavy atom. The monoisotopic (exact) mass is 176 g/mol. The number of rotatable bonds is 0. The SMILES string of the molecule is C[C@@H]1O[C@H](C#CCl)[C@H](O)C1O. The summed E-state index contributed by atoms with van der Waals surface area (Å²) in [4.78, 5) is 0. The van der Waals surface area contributed by atoms with Crippen molar-refractivity contribution in [2.24, 2.45) is 0 Å². The summed E-state index contributed by atoms with van der Waals surface area (Å²) >= 11 is 5.11. The molecule has 4 atom stereocenters. The lowest BCUT2D eigenvalue weighted by atomic mass is 10.1. The molecule has 1 rings (SSSR count). The molecule has 1 aliphatic heterocycles. The first-order valence-electron chi connectivity index (χ1n) is 3.29. The zero-order valence-corrected chi connectivity index (χ0v) is 6.75. The van der Waals surface area contributed by atoms with Crippen molar-refractivity contribution in [2.75, 3.05) is 0 Å². The minimum atomic E-state index is -0.948. The largest absolute Gasteiger partial charge is 0.388 e. The van der Waals surface area contributed by atoms with Crippen LogP contribution < -0.4 is 0 Å². The van der Waals surface area contributed by atoms with Gasteiger partial charge < -0.3 is 14.9 Å². The number of aliphatic hydroxyl groups is 2. The minimum Gasteiger partial charge on any atom is -0.388 e. The Labute approximate surface area is 69.9 Å². The molecule has 0 spiro atoms. The van der Waals surface area contributed by atoms with Gasteiger partial charge in [-0.25, -0.2) is 0 Å². The van der Waals surface area contributed by atoms with Gasteiger partial charge in [-0.2, -0.15) is 0 Å². The van der Waals surface area contributed by atoms with Crippen molar-refractivity contribution in [3.05, 3.63) is 0 Å². The summed E-state index contributed by atoms with van der Waals surface area (Å²) in [7, 11) is 0. The van der Waals surface area contributed by atoms with Gasteiger partial charge in [0.05, 0.1) is 6.10 Å². The molecule has 0 aromatic carbocycles. The number of aliphatic hydroxyl groups excluding tert-OH is 2. The fraction of sp³-hybridized carbons (Fsp3) is 0.714. The summed E-state index contributed by atoms with van der Waals surface area (Å²) in [6, 6.07) is 0. The van der Waals surface area contributed by atoms with Crippen LogP contribution in [0.15, 0.2) is 0 Å². The topological polar surface area (TPSA) is 49.7 Å². The van der Waals surface area contributed by atoms with Crippen LogP contribution in [0, 0.1) is 11.3 Å². The Hall–Kier alpha value is -0.270. The summed E-state index contributed by atoms with van der Waals surface area (Å²) in [5.41, 5.74) is 0. The van der Waals surface area contributed by atoms with E-state index in [9.17, 15) is 10.2 Å². The highest BCUT2D eigenvalue weighted by atomic mass is 35.5. The molecule has 1 unspecified atom stereocenters. The first-order valence-corrected chi connectivity index (χ1v) is 3.67. The second-order valence-electron chi connectivity index (χ2n) is 2.48. The fourth-order valence-electron chi connectivity index (χ4n) is 1.02. The normalized spacial score (nSPS) is 43.3. The van der Waals surface area contributed by atoms with E-state index in [0.717, 1.165) is 0 Å². The summed E-state index contributed by atoms with van der Waals surface area (Å²) < 4.78 is 5.07. The average molecular weight is 177 g/mol. The summed E-state index contributed by atoms with van der Waals surface area (Å²) in [6.45, 7) is 1.67. The standard InChI is InChI=1S/C7H9ClO3/c1-4-6(9)7(10)5(11-4)2-3-8/h4-7,9-10H,1H3/t4-,5+,6?,7-/m0/s1. The Kier molecular flexibility index (Phi) is 2.74. The Balaban J connectivity index is 2.64. The van der Waals surface area contributed by atoms with E-state index >= 15 is 0 Å². The van der Waals surface area contributed by atoms with Gasteiger partial charge in [0, 0.05) is 5.38 Å². The molecule has 0 saturated carbocycles. The molecular weight excluding hydrogens is 168 g/mol. The third-order valence-electron chi connectivity index (χ3n) is 1.70. The Bertz CT molecular complexity index is 196. The molecule has 1 saturated heterocycles. The van der Waals surface area contributed by atoms with E-state index in [2.05, 4.69) is 11.3 Å². The maximum Gasteiger partial charge on any atom is 0.148 e. The molecule has 2 N–H and O–H groups in total. The molecule has 1 fully saturated rings. The van der Waals surface area contributed by atoms with Crippen molar-refractivity contribution in [3.8, 4) is 11.3 Å². The van der Waals surface area contributed by atoms with Crippen LogP contribution in [0.1, 0.15) is 6.92 Å². The van der Waals surface area contributed by atoms with Gasteiger partial charge in [-0.1, -0.05) is 5.92 Å². The van der Waals surface area contributed by atoms with Gasteiger partial charge in [0.25, 0.3) is 0 Å². The number of halogens is 1. The smallest absolute Gasteiger partial charge is 0.148 e. The van der Waals surface area contributed by atoms with Crippen LogP contribution in [0.5, 0.6) is 0 Å². The molecule has 11 heavy (non-hydrogen) atoms. The summed E-state index contributed by atoms with van der Waals surface area (Å²) in [6.07, 6.45) is -2.85. The van der Waals surface area contributed by atoms with Crippen molar-refractivity contribution in [3.63, 3.8) is 0 Å². The molecule has 0 bridgehead atoms. The Morgan fingerprint density at radius 1 is 1.36 bits per heavy atom.